The maximum absolute atomic E-state index is 11.3. The van der Waals surface area contributed by atoms with E-state index in [0.29, 0.717) is 12.3 Å². The van der Waals surface area contributed by atoms with E-state index in [1.807, 2.05) is 25.1 Å². The summed E-state index contributed by atoms with van der Waals surface area (Å²) in [4.78, 5) is 15.6. The number of carboxylic acid groups (broad SMARTS) is 1. The van der Waals surface area contributed by atoms with E-state index < -0.39 is 11.4 Å². The summed E-state index contributed by atoms with van der Waals surface area (Å²) in [5.41, 5.74) is 2.05. The first-order valence-corrected chi connectivity index (χ1v) is 6.19. The Bertz CT molecular complexity index is 611. The van der Waals surface area contributed by atoms with Gasteiger partial charge in [-0.2, -0.15) is 0 Å². The van der Waals surface area contributed by atoms with Crippen LogP contribution in [0.4, 0.5) is 0 Å². The first kappa shape index (κ1) is 11.3. The van der Waals surface area contributed by atoms with Gasteiger partial charge in [-0.1, -0.05) is 12.5 Å². The van der Waals surface area contributed by atoms with E-state index in [1.165, 1.54) is 0 Å². The van der Waals surface area contributed by atoms with Crippen molar-refractivity contribution in [3.63, 3.8) is 0 Å². The Kier molecular flexibility index (Phi) is 2.40. The van der Waals surface area contributed by atoms with Crippen LogP contribution >= 0.6 is 0 Å². The Labute approximate surface area is 105 Å². The number of hydrogen-bond acceptors (Lipinski definition) is 3. The number of hydrogen-bond donors (Lipinski definition) is 1. The summed E-state index contributed by atoms with van der Waals surface area (Å²) in [6, 6.07) is 5.75. The molecule has 0 saturated heterocycles. The molecule has 4 nitrogen and oxygen atoms in total. The van der Waals surface area contributed by atoms with E-state index in [4.69, 9.17) is 4.42 Å². The molecule has 1 aromatic heterocycles. The molecule has 18 heavy (non-hydrogen) atoms. The van der Waals surface area contributed by atoms with Crippen molar-refractivity contribution in [2.24, 2.45) is 5.41 Å². The van der Waals surface area contributed by atoms with E-state index in [0.717, 1.165) is 35.9 Å². The second kappa shape index (κ2) is 3.83. The van der Waals surface area contributed by atoms with Crippen LogP contribution in [0.1, 0.15) is 30.7 Å². The molecule has 1 heterocycles. The van der Waals surface area contributed by atoms with Crippen molar-refractivity contribution in [3.05, 3.63) is 29.7 Å². The van der Waals surface area contributed by atoms with E-state index in [2.05, 4.69) is 4.98 Å². The summed E-state index contributed by atoms with van der Waals surface area (Å²) >= 11 is 0. The summed E-state index contributed by atoms with van der Waals surface area (Å²) < 4.78 is 5.41. The quantitative estimate of drug-likeness (QED) is 0.903. The van der Waals surface area contributed by atoms with Gasteiger partial charge < -0.3 is 9.52 Å². The molecule has 0 radical (unpaired) electrons. The van der Waals surface area contributed by atoms with Crippen LogP contribution in [0.2, 0.25) is 0 Å². The molecule has 3 rings (SSSR count). The van der Waals surface area contributed by atoms with Crippen molar-refractivity contribution in [2.45, 2.75) is 32.6 Å². The minimum absolute atomic E-state index is 0.549. The Morgan fingerprint density at radius 1 is 1.50 bits per heavy atom. The normalized spacial score (nSPS) is 17.6. The van der Waals surface area contributed by atoms with Gasteiger partial charge in [-0.25, -0.2) is 4.98 Å². The molecule has 0 amide bonds. The molecule has 1 fully saturated rings. The maximum atomic E-state index is 11.3. The summed E-state index contributed by atoms with van der Waals surface area (Å²) in [7, 11) is 0. The Hall–Kier alpha value is -1.84. The topological polar surface area (TPSA) is 63.3 Å². The third-order valence-electron chi connectivity index (χ3n) is 3.87. The van der Waals surface area contributed by atoms with Crippen LogP contribution in [0.5, 0.6) is 0 Å². The highest BCUT2D eigenvalue weighted by Gasteiger charge is 2.44. The predicted molar refractivity (Wildman–Crippen MR) is 66.4 cm³/mol. The summed E-state index contributed by atoms with van der Waals surface area (Å²) in [5, 5.41) is 9.33. The largest absolute Gasteiger partial charge is 0.481 e. The van der Waals surface area contributed by atoms with Crippen LogP contribution in [-0.4, -0.2) is 16.1 Å². The summed E-state index contributed by atoms with van der Waals surface area (Å²) in [5.74, 6) is -0.0380. The van der Waals surface area contributed by atoms with Crippen LogP contribution in [0, 0.1) is 12.3 Å². The molecule has 1 saturated carbocycles. The average molecular weight is 245 g/mol. The molecule has 1 N–H and O–H groups in total. The highest BCUT2D eigenvalue weighted by Crippen LogP contribution is 2.44. The highest BCUT2D eigenvalue weighted by atomic mass is 16.4. The molecular formula is C14H15NO3. The minimum Gasteiger partial charge on any atom is -0.481 e. The highest BCUT2D eigenvalue weighted by molar-refractivity contribution is 5.77. The van der Waals surface area contributed by atoms with Crippen molar-refractivity contribution < 1.29 is 14.3 Å². The van der Waals surface area contributed by atoms with E-state index in [9.17, 15) is 9.90 Å². The zero-order valence-electron chi connectivity index (χ0n) is 10.3. The summed E-state index contributed by atoms with van der Waals surface area (Å²) in [6.07, 6.45) is 3.15. The Morgan fingerprint density at radius 2 is 2.28 bits per heavy atom. The Balaban J connectivity index is 1.92. The van der Waals surface area contributed by atoms with Crippen molar-refractivity contribution >= 4 is 17.1 Å². The van der Waals surface area contributed by atoms with Gasteiger partial charge in [0.25, 0.3) is 0 Å². The SMILES string of the molecule is Cc1nc2cc(CC3(C(=O)O)CCC3)ccc2o1. The van der Waals surface area contributed by atoms with Crippen molar-refractivity contribution in [3.8, 4) is 0 Å². The number of carboxylic acids is 1. The lowest BCUT2D eigenvalue weighted by Gasteiger charge is -2.37. The van der Waals surface area contributed by atoms with E-state index in [1.54, 1.807) is 0 Å². The van der Waals surface area contributed by atoms with Gasteiger partial charge in [0.2, 0.25) is 0 Å². The molecule has 0 unspecified atom stereocenters. The molecular weight excluding hydrogens is 230 g/mol. The number of rotatable bonds is 3. The molecule has 0 atom stereocenters. The van der Waals surface area contributed by atoms with Gasteiger partial charge in [-0.05, 0) is 37.0 Å². The fourth-order valence-electron chi connectivity index (χ4n) is 2.66. The molecule has 94 valence electrons. The molecule has 0 spiro atoms. The summed E-state index contributed by atoms with van der Waals surface area (Å²) in [6.45, 7) is 1.81. The van der Waals surface area contributed by atoms with Crippen LogP contribution in [0.3, 0.4) is 0 Å². The number of benzene rings is 1. The third-order valence-corrected chi connectivity index (χ3v) is 3.87. The fraction of sp³-hybridized carbons (Fsp3) is 0.429. The van der Waals surface area contributed by atoms with Gasteiger partial charge in [0.05, 0.1) is 5.41 Å². The van der Waals surface area contributed by atoms with Gasteiger partial charge >= 0.3 is 5.97 Å². The standard InChI is InChI=1S/C14H15NO3/c1-9-15-11-7-10(3-4-12(11)18-9)8-14(13(16)17)5-2-6-14/h3-4,7H,2,5-6,8H2,1H3,(H,16,17). The smallest absolute Gasteiger partial charge is 0.309 e. The number of oxazole rings is 1. The minimum atomic E-state index is -0.676. The molecule has 4 heteroatoms. The lowest BCUT2D eigenvalue weighted by Crippen LogP contribution is -2.39. The first-order chi connectivity index (χ1) is 8.59. The van der Waals surface area contributed by atoms with Crippen LogP contribution < -0.4 is 0 Å². The molecule has 1 aromatic carbocycles. The lowest BCUT2D eigenvalue weighted by molar-refractivity contribution is -0.154. The molecule has 1 aliphatic carbocycles. The second-order valence-electron chi connectivity index (χ2n) is 5.15. The predicted octanol–water partition coefficient (Wildman–Crippen LogP) is 2.93. The van der Waals surface area contributed by atoms with Crippen molar-refractivity contribution in [1.82, 2.24) is 4.98 Å². The number of aliphatic carboxylic acids is 1. The average Bonchev–Trinajstić information content (AvgIpc) is 2.62. The van der Waals surface area contributed by atoms with Crippen molar-refractivity contribution in [1.29, 1.82) is 0 Å². The molecule has 0 aliphatic heterocycles. The van der Waals surface area contributed by atoms with Gasteiger partial charge in [-0.15, -0.1) is 0 Å². The lowest BCUT2D eigenvalue weighted by atomic mass is 9.65. The first-order valence-electron chi connectivity index (χ1n) is 6.19. The number of nitrogens with zero attached hydrogens (tertiary/aromatic N) is 1. The van der Waals surface area contributed by atoms with Crippen LogP contribution in [0.15, 0.2) is 22.6 Å². The van der Waals surface area contributed by atoms with Gasteiger partial charge in [0, 0.05) is 6.92 Å². The maximum Gasteiger partial charge on any atom is 0.309 e. The van der Waals surface area contributed by atoms with Gasteiger partial charge in [0.1, 0.15) is 5.52 Å². The second-order valence-corrected chi connectivity index (χ2v) is 5.15. The molecule has 2 aromatic rings. The fourth-order valence-corrected chi connectivity index (χ4v) is 2.66. The number of aromatic nitrogens is 1. The Morgan fingerprint density at radius 3 is 2.89 bits per heavy atom. The van der Waals surface area contributed by atoms with Crippen LogP contribution in [-0.2, 0) is 11.2 Å². The van der Waals surface area contributed by atoms with E-state index in [-0.39, 0.29) is 0 Å². The monoisotopic (exact) mass is 245 g/mol. The number of carbonyl (C=O) groups is 1. The van der Waals surface area contributed by atoms with E-state index >= 15 is 0 Å². The van der Waals surface area contributed by atoms with Crippen LogP contribution in [0.25, 0.3) is 11.1 Å². The van der Waals surface area contributed by atoms with Crippen molar-refractivity contribution in [2.75, 3.05) is 0 Å². The molecule has 1 aliphatic rings. The third kappa shape index (κ3) is 1.68. The zero-order chi connectivity index (χ0) is 12.8. The zero-order valence-corrected chi connectivity index (χ0v) is 10.3. The number of aryl methyl sites for hydroxylation is 1. The van der Waals surface area contributed by atoms with Gasteiger partial charge in [-0.3, -0.25) is 4.79 Å². The number of fused-ring (bicyclic) bond motifs is 1. The molecule has 0 bridgehead atoms. The van der Waals surface area contributed by atoms with Gasteiger partial charge in [0.15, 0.2) is 11.5 Å².